The van der Waals surface area contributed by atoms with Gasteiger partial charge in [0.2, 0.25) is 0 Å². The minimum atomic E-state index is -0.973. The van der Waals surface area contributed by atoms with Gasteiger partial charge in [-0.3, -0.25) is 0 Å². The van der Waals surface area contributed by atoms with Crippen molar-refractivity contribution >= 4 is 17.7 Å². The fraction of sp³-hybridized carbons (Fsp3) is 0.0667. The van der Waals surface area contributed by atoms with E-state index >= 15 is 0 Å². The van der Waals surface area contributed by atoms with Crippen molar-refractivity contribution in [3.63, 3.8) is 0 Å². The second-order valence-electron chi connectivity index (χ2n) is 4.04. The Morgan fingerprint density at radius 2 is 1.95 bits per heavy atom. The summed E-state index contributed by atoms with van der Waals surface area (Å²) in [5, 5.41) is 17.4. The molecule has 0 atom stereocenters. The molecule has 1 N–H and O–H groups in total. The first-order valence-corrected chi connectivity index (χ1v) is 6.73. The van der Waals surface area contributed by atoms with E-state index in [4.69, 9.17) is 10.4 Å². The number of thioether (sulfide) groups is 1. The second-order valence-corrected chi connectivity index (χ2v) is 5.08. The Labute approximate surface area is 119 Å². The van der Waals surface area contributed by atoms with Crippen LogP contribution in [-0.2, 0) is 5.75 Å². The maximum atomic E-state index is 13.7. The largest absolute Gasteiger partial charge is 0.478 e. The summed E-state index contributed by atoms with van der Waals surface area (Å²) in [7, 11) is 0. The van der Waals surface area contributed by atoms with Crippen LogP contribution in [0, 0.1) is 17.1 Å². The van der Waals surface area contributed by atoms with E-state index in [1.807, 2.05) is 6.07 Å². The van der Waals surface area contributed by atoms with Crippen molar-refractivity contribution in [2.45, 2.75) is 10.6 Å². The Morgan fingerprint density at radius 1 is 1.25 bits per heavy atom. The van der Waals surface area contributed by atoms with Crippen molar-refractivity contribution in [2.75, 3.05) is 0 Å². The molecule has 2 aromatic rings. The smallest absolute Gasteiger partial charge is 0.335 e. The van der Waals surface area contributed by atoms with Crippen molar-refractivity contribution in [1.82, 2.24) is 0 Å². The first-order chi connectivity index (χ1) is 9.60. The molecule has 5 heteroatoms. The summed E-state index contributed by atoms with van der Waals surface area (Å²) in [5.74, 6) is -0.956. The number of rotatable bonds is 4. The molecular formula is C15H10FNO2S. The summed E-state index contributed by atoms with van der Waals surface area (Å²) in [6, 6.07) is 12.7. The zero-order valence-electron chi connectivity index (χ0n) is 10.3. The summed E-state index contributed by atoms with van der Waals surface area (Å²) < 4.78 is 13.7. The van der Waals surface area contributed by atoms with Crippen molar-refractivity contribution in [1.29, 1.82) is 5.26 Å². The van der Waals surface area contributed by atoms with Crippen LogP contribution in [0.5, 0.6) is 0 Å². The fourth-order valence-electron chi connectivity index (χ4n) is 1.59. The molecule has 0 saturated carbocycles. The van der Waals surface area contributed by atoms with Gasteiger partial charge in [-0.05, 0) is 42.0 Å². The molecule has 3 nitrogen and oxygen atoms in total. The maximum Gasteiger partial charge on any atom is 0.335 e. The minimum Gasteiger partial charge on any atom is -0.478 e. The topological polar surface area (TPSA) is 61.1 Å². The van der Waals surface area contributed by atoms with Crippen LogP contribution in [0.25, 0.3) is 0 Å². The van der Waals surface area contributed by atoms with Crippen LogP contribution in [0.3, 0.4) is 0 Å². The summed E-state index contributed by atoms with van der Waals surface area (Å²) >= 11 is 1.41. The van der Waals surface area contributed by atoms with Gasteiger partial charge in [0.25, 0.3) is 0 Å². The molecule has 2 aromatic carbocycles. The highest BCUT2D eigenvalue weighted by Crippen LogP contribution is 2.24. The van der Waals surface area contributed by atoms with Crippen LogP contribution in [0.2, 0.25) is 0 Å². The van der Waals surface area contributed by atoms with Crippen LogP contribution >= 0.6 is 11.8 Å². The standard InChI is InChI=1S/C15H10FNO2S/c16-14-7-10(8-17)1-2-12(14)9-20-13-5-3-11(4-6-13)15(18)19/h1-7H,9H2,(H,18,19). The molecule has 0 heterocycles. The Morgan fingerprint density at radius 3 is 2.50 bits per heavy atom. The third-order valence-electron chi connectivity index (χ3n) is 2.68. The predicted octanol–water partition coefficient (Wildman–Crippen LogP) is 3.69. The normalized spacial score (nSPS) is 10.0. The quantitative estimate of drug-likeness (QED) is 0.871. The van der Waals surface area contributed by atoms with Crippen molar-refractivity contribution in [3.05, 3.63) is 65.0 Å². The molecule has 2 rings (SSSR count). The van der Waals surface area contributed by atoms with E-state index in [2.05, 4.69) is 0 Å². The third-order valence-corrected chi connectivity index (χ3v) is 3.74. The Kier molecular flexibility index (Phi) is 4.38. The lowest BCUT2D eigenvalue weighted by Gasteiger charge is -2.04. The van der Waals surface area contributed by atoms with E-state index < -0.39 is 11.8 Å². The summed E-state index contributed by atoms with van der Waals surface area (Å²) in [4.78, 5) is 11.6. The van der Waals surface area contributed by atoms with E-state index in [0.717, 1.165) is 4.90 Å². The Hall–Kier alpha value is -2.32. The second kappa shape index (κ2) is 6.22. The van der Waals surface area contributed by atoms with E-state index in [1.54, 1.807) is 24.3 Å². The van der Waals surface area contributed by atoms with E-state index in [-0.39, 0.29) is 5.56 Å². The number of carboxylic acids is 1. The molecule has 0 radical (unpaired) electrons. The van der Waals surface area contributed by atoms with Gasteiger partial charge in [-0.15, -0.1) is 11.8 Å². The molecule has 0 saturated heterocycles. The Balaban J connectivity index is 2.05. The summed E-state index contributed by atoms with van der Waals surface area (Å²) in [6.45, 7) is 0. The van der Waals surface area contributed by atoms with Gasteiger partial charge < -0.3 is 5.11 Å². The third kappa shape index (κ3) is 3.37. The minimum absolute atomic E-state index is 0.221. The average molecular weight is 287 g/mol. The highest BCUT2D eigenvalue weighted by molar-refractivity contribution is 7.98. The molecule has 0 aromatic heterocycles. The molecular weight excluding hydrogens is 277 g/mol. The number of hydrogen-bond acceptors (Lipinski definition) is 3. The van der Waals surface area contributed by atoms with Gasteiger partial charge in [-0.2, -0.15) is 5.26 Å². The van der Waals surface area contributed by atoms with Crippen LogP contribution in [0.15, 0.2) is 47.4 Å². The lowest BCUT2D eigenvalue weighted by molar-refractivity contribution is 0.0697. The number of nitriles is 1. The van der Waals surface area contributed by atoms with Gasteiger partial charge in [0.1, 0.15) is 5.82 Å². The SMILES string of the molecule is N#Cc1ccc(CSc2ccc(C(=O)O)cc2)c(F)c1. The maximum absolute atomic E-state index is 13.7. The van der Waals surface area contributed by atoms with Gasteiger partial charge in [0.15, 0.2) is 0 Å². The molecule has 0 fully saturated rings. The van der Waals surface area contributed by atoms with E-state index in [0.29, 0.717) is 16.9 Å². The zero-order chi connectivity index (χ0) is 14.5. The monoisotopic (exact) mass is 287 g/mol. The molecule has 0 aliphatic rings. The molecule has 0 aliphatic carbocycles. The van der Waals surface area contributed by atoms with Crippen LogP contribution in [-0.4, -0.2) is 11.1 Å². The van der Waals surface area contributed by atoms with E-state index in [1.165, 1.54) is 30.0 Å². The first kappa shape index (κ1) is 14.1. The highest BCUT2D eigenvalue weighted by atomic mass is 32.2. The van der Waals surface area contributed by atoms with Gasteiger partial charge in [-0.1, -0.05) is 6.07 Å². The van der Waals surface area contributed by atoms with Gasteiger partial charge in [-0.25, -0.2) is 9.18 Å². The molecule has 0 spiro atoms. The molecule has 0 unspecified atom stereocenters. The average Bonchev–Trinajstić information content (AvgIpc) is 2.46. The van der Waals surface area contributed by atoms with Crippen LogP contribution < -0.4 is 0 Å². The molecule has 0 aliphatic heterocycles. The molecule has 0 amide bonds. The summed E-state index contributed by atoms with van der Waals surface area (Å²) in [6.07, 6.45) is 0. The fourth-order valence-corrected chi connectivity index (χ4v) is 2.47. The lowest BCUT2D eigenvalue weighted by atomic mass is 10.1. The van der Waals surface area contributed by atoms with Crippen molar-refractivity contribution in [3.8, 4) is 6.07 Å². The number of halogens is 1. The van der Waals surface area contributed by atoms with Gasteiger partial charge in [0.05, 0.1) is 17.2 Å². The number of nitrogens with zero attached hydrogens (tertiary/aromatic N) is 1. The summed E-state index contributed by atoms with van der Waals surface area (Å²) in [5.41, 5.74) is 1.03. The number of carbonyl (C=O) groups is 1. The molecule has 20 heavy (non-hydrogen) atoms. The zero-order valence-corrected chi connectivity index (χ0v) is 11.2. The molecule has 100 valence electrons. The van der Waals surface area contributed by atoms with Crippen LogP contribution in [0.1, 0.15) is 21.5 Å². The van der Waals surface area contributed by atoms with E-state index in [9.17, 15) is 9.18 Å². The lowest BCUT2D eigenvalue weighted by Crippen LogP contribution is -1.95. The number of hydrogen-bond donors (Lipinski definition) is 1. The predicted molar refractivity (Wildman–Crippen MR) is 74.1 cm³/mol. The number of aromatic carboxylic acids is 1. The number of carboxylic acid groups (broad SMARTS) is 1. The van der Waals surface area contributed by atoms with Gasteiger partial charge >= 0.3 is 5.97 Å². The van der Waals surface area contributed by atoms with Crippen molar-refractivity contribution < 1.29 is 14.3 Å². The molecule has 0 bridgehead atoms. The van der Waals surface area contributed by atoms with Crippen molar-refractivity contribution in [2.24, 2.45) is 0 Å². The van der Waals surface area contributed by atoms with Crippen LogP contribution in [0.4, 0.5) is 4.39 Å². The highest BCUT2D eigenvalue weighted by Gasteiger charge is 2.06. The first-order valence-electron chi connectivity index (χ1n) is 5.75. The Bertz CT molecular complexity index is 677. The van der Waals surface area contributed by atoms with Gasteiger partial charge in [0, 0.05) is 10.6 Å². The number of benzene rings is 2.